The second-order valence-electron chi connectivity index (χ2n) is 4.14. The molecule has 0 spiro atoms. The van der Waals surface area contributed by atoms with Crippen LogP contribution >= 0.6 is 11.3 Å². The van der Waals surface area contributed by atoms with Crippen LogP contribution in [0.15, 0.2) is 29.6 Å². The van der Waals surface area contributed by atoms with E-state index in [1.54, 1.807) is 0 Å². The molecular weight excluding hydrogens is 298 g/mol. The monoisotopic (exact) mass is 308 g/mol. The summed E-state index contributed by atoms with van der Waals surface area (Å²) in [5.74, 6) is 4.77. The van der Waals surface area contributed by atoms with Crippen molar-refractivity contribution in [3.63, 3.8) is 0 Å². The van der Waals surface area contributed by atoms with Gasteiger partial charge in [0.2, 0.25) is 0 Å². The van der Waals surface area contributed by atoms with Crippen molar-refractivity contribution in [1.29, 1.82) is 0 Å². The Kier molecular flexibility index (Phi) is 3.63. The molecular formula is C13H10F2N4OS. The van der Waals surface area contributed by atoms with Crippen molar-refractivity contribution in [1.82, 2.24) is 9.97 Å². The van der Waals surface area contributed by atoms with Gasteiger partial charge in [0, 0.05) is 6.07 Å². The standard InChI is InChI=1S/C13H10F2N4OS/c14-7-1-2-9(15)10(5-7)20-6-11-17-12(19-16)8-3-4-21-13(8)18-11/h1-5H,6,16H2,(H,17,18,19). The molecule has 0 saturated carbocycles. The largest absolute Gasteiger partial charge is 0.482 e. The Morgan fingerprint density at radius 3 is 2.90 bits per heavy atom. The van der Waals surface area contributed by atoms with Gasteiger partial charge in [-0.25, -0.2) is 24.6 Å². The number of hydrogen-bond donors (Lipinski definition) is 2. The van der Waals surface area contributed by atoms with Crippen LogP contribution in [0, 0.1) is 11.6 Å². The number of nitrogens with two attached hydrogens (primary N) is 1. The molecule has 0 radical (unpaired) electrons. The normalized spacial score (nSPS) is 10.8. The first-order valence-corrected chi connectivity index (χ1v) is 6.84. The predicted molar refractivity (Wildman–Crippen MR) is 75.9 cm³/mol. The van der Waals surface area contributed by atoms with E-state index in [0.717, 1.165) is 28.4 Å². The zero-order valence-corrected chi connectivity index (χ0v) is 11.5. The predicted octanol–water partition coefficient (Wildman–Crippen LogP) is 2.83. The molecule has 2 heterocycles. The van der Waals surface area contributed by atoms with E-state index >= 15 is 0 Å². The Hall–Kier alpha value is -2.32. The second kappa shape index (κ2) is 5.58. The van der Waals surface area contributed by atoms with E-state index in [1.165, 1.54) is 11.3 Å². The van der Waals surface area contributed by atoms with Crippen molar-refractivity contribution >= 4 is 27.4 Å². The molecule has 3 aromatic rings. The van der Waals surface area contributed by atoms with Crippen molar-refractivity contribution in [2.75, 3.05) is 5.43 Å². The first kappa shape index (κ1) is 13.7. The minimum absolute atomic E-state index is 0.0944. The lowest BCUT2D eigenvalue weighted by atomic mass is 10.3. The lowest BCUT2D eigenvalue weighted by Gasteiger charge is -2.08. The number of benzene rings is 1. The third-order valence-electron chi connectivity index (χ3n) is 2.76. The van der Waals surface area contributed by atoms with Crippen molar-refractivity contribution in [3.8, 4) is 5.75 Å². The van der Waals surface area contributed by atoms with Crippen LogP contribution in [0.3, 0.4) is 0 Å². The van der Waals surface area contributed by atoms with E-state index in [-0.39, 0.29) is 12.4 Å². The van der Waals surface area contributed by atoms with E-state index in [1.807, 2.05) is 11.4 Å². The highest BCUT2D eigenvalue weighted by Gasteiger charge is 2.10. The molecule has 0 aliphatic heterocycles. The van der Waals surface area contributed by atoms with E-state index in [9.17, 15) is 8.78 Å². The SMILES string of the molecule is NNc1nc(COc2cc(F)ccc2F)nc2sccc12. The average Bonchev–Trinajstić information content (AvgIpc) is 2.95. The van der Waals surface area contributed by atoms with Crippen molar-refractivity contribution in [3.05, 3.63) is 47.1 Å². The van der Waals surface area contributed by atoms with Gasteiger partial charge in [-0.05, 0) is 23.6 Å². The number of thiophene rings is 1. The summed E-state index contributed by atoms with van der Waals surface area (Å²) < 4.78 is 31.7. The lowest BCUT2D eigenvalue weighted by molar-refractivity contribution is 0.280. The van der Waals surface area contributed by atoms with Crippen LogP contribution in [-0.4, -0.2) is 9.97 Å². The zero-order chi connectivity index (χ0) is 14.8. The van der Waals surface area contributed by atoms with Gasteiger partial charge in [-0.15, -0.1) is 11.3 Å². The molecule has 3 rings (SSSR count). The van der Waals surface area contributed by atoms with Crippen molar-refractivity contribution in [2.24, 2.45) is 5.84 Å². The maximum atomic E-state index is 13.5. The summed E-state index contributed by atoms with van der Waals surface area (Å²) in [5, 5.41) is 2.65. The molecule has 0 fully saturated rings. The highest BCUT2D eigenvalue weighted by atomic mass is 32.1. The van der Waals surface area contributed by atoms with Gasteiger partial charge >= 0.3 is 0 Å². The average molecular weight is 308 g/mol. The summed E-state index contributed by atoms with van der Waals surface area (Å²) in [5.41, 5.74) is 2.48. The maximum absolute atomic E-state index is 13.5. The second-order valence-corrected chi connectivity index (χ2v) is 5.03. The number of nitrogens with zero attached hydrogens (tertiary/aromatic N) is 2. The van der Waals surface area contributed by atoms with Crippen molar-refractivity contribution in [2.45, 2.75) is 6.61 Å². The minimum atomic E-state index is -0.647. The quantitative estimate of drug-likeness (QED) is 0.573. The van der Waals surface area contributed by atoms with Gasteiger partial charge in [-0.1, -0.05) is 0 Å². The third kappa shape index (κ3) is 2.76. The number of halogens is 2. The Labute approximate surface area is 122 Å². The van der Waals surface area contributed by atoms with Crippen LogP contribution in [0.2, 0.25) is 0 Å². The van der Waals surface area contributed by atoms with Gasteiger partial charge < -0.3 is 10.2 Å². The Balaban J connectivity index is 1.86. The highest BCUT2D eigenvalue weighted by molar-refractivity contribution is 7.16. The van der Waals surface area contributed by atoms with Gasteiger partial charge in [0.25, 0.3) is 0 Å². The molecule has 0 saturated heterocycles. The smallest absolute Gasteiger partial charge is 0.169 e. The number of anilines is 1. The molecule has 3 N–H and O–H groups in total. The summed E-state index contributed by atoms with van der Waals surface area (Å²) in [6, 6.07) is 4.83. The molecule has 2 aromatic heterocycles. The molecule has 5 nitrogen and oxygen atoms in total. The third-order valence-corrected chi connectivity index (χ3v) is 3.56. The summed E-state index contributed by atoms with van der Waals surface area (Å²) in [6.07, 6.45) is 0. The fourth-order valence-corrected chi connectivity index (χ4v) is 2.59. The number of fused-ring (bicyclic) bond motifs is 1. The fraction of sp³-hybridized carbons (Fsp3) is 0.0769. The summed E-state index contributed by atoms with van der Waals surface area (Å²) in [6.45, 7) is -0.0944. The number of rotatable bonds is 4. The molecule has 0 bridgehead atoms. The zero-order valence-electron chi connectivity index (χ0n) is 10.6. The number of hydrogen-bond acceptors (Lipinski definition) is 6. The summed E-state index contributed by atoms with van der Waals surface area (Å²) in [7, 11) is 0. The van der Waals surface area contributed by atoms with Gasteiger partial charge in [-0.2, -0.15) is 0 Å². The van der Waals surface area contributed by atoms with E-state index in [4.69, 9.17) is 10.6 Å². The summed E-state index contributed by atoms with van der Waals surface area (Å²) >= 11 is 1.42. The Bertz CT molecular complexity index is 793. The maximum Gasteiger partial charge on any atom is 0.169 e. The Morgan fingerprint density at radius 2 is 2.10 bits per heavy atom. The van der Waals surface area contributed by atoms with Crippen LogP contribution in [-0.2, 0) is 6.61 Å². The van der Waals surface area contributed by atoms with Crippen LogP contribution in [0.25, 0.3) is 10.2 Å². The first-order valence-electron chi connectivity index (χ1n) is 5.96. The fourth-order valence-electron chi connectivity index (χ4n) is 1.80. The molecule has 21 heavy (non-hydrogen) atoms. The van der Waals surface area contributed by atoms with Crippen LogP contribution in [0.1, 0.15) is 5.82 Å². The minimum Gasteiger partial charge on any atom is -0.482 e. The molecule has 0 aliphatic carbocycles. The van der Waals surface area contributed by atoms with Gasteiger partial charge in [0.1, 0.15) is 17.3 Å². The van der Waals surface area contributed by atoms with Crippen molar-refractivity contribution < 1.29 is 13.5 Å². The van der Waals surface area contributed by atoms with Gasteiger partial charge in [0.05, 0.1) is 5.39 Å². The van der Waals surface area contributed by atoms with E-state index in [2.05, 4.69) is 15.4 Å². The molecule has 1 aromatic carbocycles. The summed E-state index contributed by atoms with van der Waals surface area (Å²) in [4.78, 5) is 9.19. The highest BCUT2D eigenvalue weighted by Crippen LogP contribution is 2.25. The van der Waals surface area contributed by atoms with Crippen LogP contribution in [0.4, 0.5) is 14.6 Å². The molecule has 0 unspecified atom stereocenters. The van der Waals surface area contributed by atoms with Crippen LogP contribution < -0.4 is 16.0 Å². The molecule has 108 valence electrons. The van der Waals surface area contributed by atoms with E-state index in [0.29, 0.717) is 11.6 Å². The molecule has 0 atom stereocenters. The number of hydrazine groups is 1. The van der Waals surface area contributed by atoms with Crippen LogP contribution in [0.5, 0.6) is 5.75 Å². The lowest BCUT2D eigenvalue weighted by Crippen LogP contribution is -2.11. The first-order chi connectivity index (χ1) is 10.2. The number of nitrogen functional groups attached to an aromatic ring is 1. The Morgan fingerprint density at radius 1 is 1.24 bits per heavy atom. The van der Waals surface area contributed by atoms with Gasteiger partial charge in [0.15, 0.2) is 23.2 Å². The van der Waals surface area contributed by atoms with E-state index < -0.39 is 11.6 Å². The van der Waals surface area contributed by atoms with Gasteiger partial charge in [-0.3, -0.25) is 0 Å². The molecule has 0 amide bonds. The topological polar surface area (TPSA) is 73.1 Å². The number of aromatic nitrogens is 2. The molecule has 8 heteroatoms. The number of ether oxygens (including phenoxy) is 1. The molecule has 0 aliphatic rings. The number of nitrogens with one attached hydrogen (secondary N) is 1.